The highest BCUT2D eigenvalue weighted by Gasteiger charge is 2.26. The molecule has 0 saturated heterocycles. The van der Waals surface area contributed by atoms with Crippen molar-refractivity contribution in [3.05, 3.63) is 89.2 Å². The Kier molecular flexibility index (Phi) is 8.89. The van der Waals surface area contributed by atoms with Crippen LogP contribution in [0, 0.1) is 5.82 Å². The number of rotatable bonds is 10. The van der Waals surface area contributed by atoms with Crippen LogP contribution in [0.4, 0.5) is 10.1 Å². The largest absolute Gasteiger partial charge is 0.484 e. The van der Waals surface area contributed by atoms with Gasteiger partial charge in [0.25, 0.3) is 15.9 Å². The lowest BCUT2D eigenvalue weighted by molar-refractivity contribution is -0.142. The summed E-state index contributed by atoms with van der Waals surface area (Å²) in [4.78, 5) is 26.5. The van der Waals surface area contributed by atoms with Crippen molar-refractivity contribution in [2.45, 2.75) is 24.4 Å². The number of halogens is 2. The molecule has 0 unspecified atom stereocenters. The number of likely N-dealkylation sites (N-methyl/N-ethyl adjacent to an activating group) is 1. The van der Waals surface area contributed by atoms with E-state index in [1.165, 1.54) is 48.3 Å². The summed E-state index contributed by atoms with van der Waals surface area (Å²) >= 11 is 5.93. The van der Waals surface area contributed by atoms with E-state index in [0.29, 0.717) is 5.02 Å². The molecule has 0 spiro atoms. The van der Waals surface area contributed by atoms with Crippen molar-refractivity contribution in [1.29, 1.82) is 0 Å². The van der Waals surface area contributed by atoms with E-state index in [0.717, 1.165) is 17.7 Å². The Morgan fingerprint density at radius 2 is 1.61 bits per heavy atom. The van der Waals surface area contributed by atoms with E-state index in [-0.39, 0.29) is 35.4 Å². The van der Waals surface area contributed by atoms with Gasteiger partial charge in [-0.15, -0.1) is 0 Å². The Morgan fingerprint density at radius 1 is 1.00 bits per heavy atom. The van der Waals surface area contributed by atoms with Crippen molar-refractivity contribution in [3.8, 4) is 5.75 Å². The zero-order valence-electron chi connectivity index (χ0n) is 19.6. The fraction of sp³-hybridized carbons (Fsp3) is 0.200. The molecule has 190 valence electrons. The summed E-state index contributed by atoms with van der Waals surface area (Å²) in [5.41, 5.74) is 1.00. The first-order valence-electron chi connectivity index (χ1n) is 10.9. The van der Waals surface area contributed by atoms with Gasteiger partial charge in [-0.1, -0.05) is 23.7 Å². The van der Waals surface area contributed by atoms with Crippen LogP contribution in [-0.2, 0) is 26.2 Å². The van der Waals surface area contributed by atoms with Crippen LogP contribution >= 0.6 is 11.6 Å². The van der Waals surface area contributed by atoms with Crippen molar-refractivity contribution < 1.29 is 27.1 Å². The number of anilines is 1. The molecule has 3 aromatic carbocycles. The molecule has 0 aliphatic carbocycles. The molecule has 0 fully saturated rings. The Bertz CT molecular complexity index is 1300. The van der Waals surface area contributed by atoms with Gasteiger partial charge in [0, 0.05) is 24.3 Å². The number of nitrogens with zero attached hydrogens (tertiary/aromatic N) is 1. The molecular weight excluding hydrogens is 509 g/mol. The molecule has 1 atom stereocenters. The number of amides is 2. The van der Waals surface area contributed by atoms with Gasteiger partial charge in [-0.3, -0.25) is 14.3 Å². The van der Waals surface area contributed by atoms with Crippen LogP contribution in [0.5, 0.6) is 5.75 Å². The molecule has 8 nitrogen and oxygen atoms in total. The first-order chi connectivity index (χ1) is 17.1. The zero-order valence-corrected chi connectivity index (χ0v) is 21.1. The van der Waals surface area contributed by atoms with E-state index in [1.54, 1.807) is 31.2 Å². The highest BCUT2D eigenvalue weighted by molar-refractivity contribution is 7.92. The third-order valence-corrected chi connectivity index (χ3v) is 6.92. The third kappa shape index (κ3) is 7.19. The number of carbonyl (C=O) groups is 2. The molecule has 36 heavy (non-hydrogen) atoms. The summed E-state index contributed by atoms with van der Waals surface area (Å²) in [7, 11) is -2.42. The van der Waals surface area contributed by atoms with Crippen LogP contribution in [0.25, 0.3) is 0 Å². The van der Waals surface area contributed by atoms with Crippen LogP contribution < -0.4 is 14.8 Å². The predicted molar refractivity (Wildman–Crippen MR) is 135 cm³/mol. The summed E-state index contributed by atoms with van der Waals surface area (Å²) in [5, 5.41) is 3.09. The average molecular weight is 534 g/mol. The van der Waals surface area contributed by atoms with Gasteiger partial charge in [0.1, 0.15) is 17.6 Å². The van der Waals surface area contributed by atoms with Crippen molar-refractivity contribution in [2.24, 2.45) is 0 Å². The number of ether oxygens (including phenoxy) is 1. The van der Waals surface area contributed by atoms with Crippen molar-refractivity contribution >= 4 is 39.1 Å². The summed E-state index contributed by atoms with van der Waals surface area (Å²) in [6.07, 6.45) is 0. The number of benzene rings is 3. The summed E-state index contributed by atoms with van der Waals surface area (Å²) < 4.78 is 46.1. The second-order valence-corrected chi connectivity index (χ2v) is 9.93. The Hall–Kier alpha value is -3.63. The minimum absolute atomic E-state index is 0.0388. The fourth-order valence-corrected chi connectivity index (χ4v) is 4.44. The van der Waals surface area contributed by atoms with Crippen molar-refractivity contribution in [2.75, 3.05) is 18.4 Å². The first kappa shape index (κ1) is 27.0. The second kappa shape index (κ2) is 11.9. The standard InChI is InChI=1S/C25H25ClFN3O5S/c1-17(25(32)28-2)30(15-18-3-5-19(26)6-4-18)24(31)16-35-22-11-13-23(14-12-22)36(33,34)29-21-9-7-20(27)8-10-21/h3-14,17,29H,15-16H2,1-2H3,(H,28,32)/t17-/m1/s1. The monoisotopic (exact) mass is 533 g/mol. The number of carbonyl (C=O) groups excluding carboxylic acids is 2. The lowest BCUT2D eigenvalue weighted by Crippen LogP contribution is -2.48. The molecule has 3 rings (SSSR count). The van der Waals surface area contributed by atoms with Crippen molar-refractivity contribution in [1.82, 2.24) is 10.2 Å². The van der Waals surface area contributed by atoms with Crippen LogP contribution in [0.2, 0.25) is 5.02 Å². The van der Waals surface area contributed by atoms with E-state index in [4.69, 9.17) is 16.3 Å². The molecule has 0 bridgehead atoms. The quantitative estimate of drug-likeness (QED) is 0.412. The van der Waals surface area contributed by atoms with Gasteiger partial charge in [0.2, 0.25) is 5.91 Å². The SMILES string of the molecule is CNC(=O)[C@@H](C)N(Cc1ccc(Cl)cc1)C(=O)COc1ccc(S(=O)(=O)Nc2ccc(F)cc2)cc1. The molecule has 2 N–H and O–H groups in total. The predicted octanol–water partition coefficient (Wildman–Crippen LogP) is 3.82. The molecule has 0 heterocycles. The maximum absolute atomic E-state index is 13.0. The molecule has 11 heteroatoms. The topological polar surface area (TPSA) is 105 Å². The van der Waals surface area contributed by atoms with E-state index >= 15 is 0 Å². The molecule has 0 aliphatic heterocycles. The summed E-state index contributed by atoms with van der Waals surface area (Å²) in [5.74, 6) is -0.982. The molecule has 0 aromatic heterocycles. The maximum atomic E-state index is 13.0. The summed E-state index contributed by atoms with van der Waals surface area (Å²) in [6, 6.07) is 16.6. The molecule has 3 aromatic rings. The number of nitrogens with one attached hydrogen (secondary N) is 2. The van der Waals surface area contributed by atoms with Crippen molar-refractivity contribution in [3.63, 3.8) is 0 Å². The summed E-state index contributed by atoms with van der Waals surface area (Å²) in [6.45, 7) is 1.41. The second-order valence-electron chi connectivity index (χ2n) is 7.81. The van der Waals surface area contributed by atoms with Crippen LogP contribution in [-0.4, -0.2) is 44.8 Å². The van der Waals surface area contributed by atoms with Gasteiger partial charge in [-0.05, 0) is 73.2 Å². The van der Waals surface area contributed by atoms with E-state index in [1.807, 2.05) is 0 Å². The smallest absolute Gasteiger partial charge is 0.261 e. The molecule has 0 radical (unpaired) electrons. The fourth-order valence-electron chi connectivity index (χ4n) is 3.25. The average Bonchev–Trinajstić information content (AvgIpc) is 2.87. The first-order valence-corrected chi connectivity index (χ1v) is 12.7. The van der Waals surface area contributed by atoms with Gasteiger partial charge in [-0.25, -0.2) is 12.8 Å². The Labute approximate surface area is 214 Å². The lowest BCUT2D eigenvalue weighted by Gasteiger charge is -2.28. The Balaban J connectivity index is 1.67. The highest BCUT2D eigenvalue weighted by Crippen LogP contribution is 2.20. The number of sulfonamides is 1. The Morgan fingerprint density at radius 3 is 2.19 bits per heavy atom. The van der Waals surface area contributed by atoms with Gasteiger partial charge < -0.3 is 15.0 Å². The minimum Gasteiger partial charge on any atom is -0.484 e. The molecule has 0 aliphatic rings. The minimum atomic E-state index is -3.91. The normalized spacial score (nSPS) is 11.9. The maximum Gasteiger partial charge on any atom is 0.261 e. The van der Waals surface area contributed by atoms with Crippen LogP contribution in [0.1, 0.15) is 12.5 Å². The van der Waals surface area contributed by atoms with E-state index in [2.05, 4.69) is 10.0 Å². The lowest BCUT2D eigenvalue weighted by atomic mass is 10.1. The number of hydrogen-bond donors (Lipinski definition) is 2. The molecular formula is C25H25ClFN3O5S. The highest BCUT2D eigenvalue weighted by atomic mass is 35.5. The van der Waals surface area contributed by atoms with Gasteiger partial charge in [0.05, 0.1) is 4.90 Å². The van der Waals surface area contributed by atoms with E-state index < -0.39 is 27.8 Å². The van der Waals surface area contributed by atoms with Gasteiger partial charge in [-0.2, -0.15) is 0 Å². The third-order valence-electron chi connectivity index (χ3n) is 5.27. The number of hydrogen-bond acceptors (Lipinski definition) is 5. The molecule has 2 amide bonds. The molecule has 0 saturated carbocycles. The van der Waals surface area contributed by atoms with E-state index in [9.17, 15) is 22.4 Å². The van der Waals surface area contributed by atoms with Gasteiger partial charge >= 0.3 is 0 Å². The van der Waals surface area contributed by atoms with Crippen LogP contribution in [0.3, 0.4) is 0 Å². The van der Waals surface area contributed by atoms with Gasteiger partial charge in [0.15, 0.2) is 6.61 Å². The zero-order chi connectivity index (χ0) is 26.3. The van der Waals surface area contributed by atoms with Crippen LogP contribution in [0.15, 0.2) is 77.7 Å².